The highest BCUT2D eigenvalue weighted by Crippen LogP contribution is 2.42. The fourth-order valence-corrected chi connectivity index (χ4v) is 6.93. The molecule has 4 heterocycles. The highest BCUT2D eigenvalue weighted by molar-refractivity contribution is 9.10. The fraction of sp³-hybridized carbons (Fsp3) is 0.276. The van der Waals surface area contributed by atoms with Gasteiger partial charge in [-0.25, -0.2) is 4.98 Å². The molecule has 1 aliphatic rings. The first-order valence-electron chi connectivity index (χ1n) is 13.5. The molecule has 6 rings (SSSR count). The van der Waals surface area contributed by atoms with E-state index in [-0.39, 0.29) is 0 Å². The van der Waals surface area contributed by atoms with Crippen LogP contribution in [0.3, 0.4) is 0 Å². The highest BCUT2D eigenvalue weighted by Gasteiger charge is 2.23. The molecule has 13 heteroatoms. The zero-order valence-electron chi connectivity index (χ0n) is 23.8. The predicted molar refractivity (Wildman–Crippen MR) is 171 cm³/mol. The molecule has 0 aliphatic carbocycles. The van der Waals surface area contributed by atoms with E-state index in [1.807, 2.05) is 31.6 Å². The number of anilines is 5. The molecule has 0 atom stereocenters. The average molecular weight is 649 g/mol. The number of hydrogen-bond acceptors (Lipinski definition) is 10. The number of morpholine rings is 1. The van der Waals surface area contributed by atoms with Crippen LogP contribution >= 0.6 is 23.1 Å². The standard InChI is InChI=1S/C29H31BrN9O2P/c1-18-13-19(20-15-34-38(2)17-20)14-24(26(18)39-9-11-41-12-10-39)36-29-33-16-21(30)28(37-29)35-23-6-5-22-25(32-8-7-31-22)27(23)42(3,4)40/h5-8,13-17H,9-12H2,1-4H3,(H2,33,35,36,37). The molecular formula is C29H31BrN9O2P. The summed E-state index contributed by atoms with van der Waals surface area (Å²) in [7, 11) is -0.835. The number of aromatic nitrogens is 6. The Hall–Kier alpha value is -3.86. The minimum Gasteiger partial charge on any atom is -0.378 e. The Bertz CT molecular complexity index is 1830. The Labute approximate surface area is 252 Å². The topological polar surface area (TPSA) is 123 Å². The van der Waals surface area contributed by atoms with Crippen LogP contribution < -0.4 is 20.8 Å². The molecule has 0 saturated carbocycles. The monoisotopic (exact) mass is 647 g/mol. The van der Waals surface area contributed by atoms with Crippen molar-refractivity contribution in [2.75, 3.05) is 55.2 Å². The molecule has 0 radical (unpaired) electrons. The molecule has 3 aromatic heterocycles. The third-order valence-corrected chi connectivity index (χ3v) is 9.17. The van der Waals surface area contributed by atoms with Gasteiger partial charge in [-0.3, -0.25) is 14.6 Å². The molecule has 216 valence electrons. The molecule has 1 fully saturated rings. The van der Waals surface area contributed by atoms with Crippen LogP contribution in [-0.2, 0) is 16.3 Å². The van der Waals surface area contributed by atoms with Gasteiger partial charge in [-0.1, -0.05) is 0 Å². The number of nitrogens with one attached hydrogen (secondary N) is 2. The SMILES string of the molecule is Cc1cc(-c2cnn(C)c2)cc(Nc2ncc(Br)c(Nc3ccc4nccnc4c3P(C)(C)=O)n2)c1N1CCOCC1. The van der Waals surface area contributed by atoms with Gasteiger partial charge in [-0.2, -0.15) is 10.1 Å². The van der Waals surface area contributed by atoms with E-state index in [1.165, 1.54) is 0 Å². The van der Waals surface area contributed by atoms with Gasteiger partial charge in [-0.05, 0) is 71.6 Å². The second-order valence-corrected chi connectivity index (χ2v) is 14.6. The summed E-state index contributed by atoms with van der Waals surface area (Å²) in [6, 6.07) is 8.02. The first kappa shape index (κ1) is 28.3. The maximum absolute atomic E-state index is 13.4. The molecule has 0 unspecified atom stereocenters. The molecular weight excluding hydrogens is 617 g/mol. The Balaban J connectivity index is 1.40. The largest absolute Gasteiger partial charge is 0.378 e. The molecule has 2 aromatic carbocycles. The van der Waals surface area contributed by atoms with Gasteiger partial charge in [0, 0.05) is 50.5 Å². The van der Waals surface area contributed by atoms with Gasteiger partial charge in [0.25, 0.3) is 0 Å². The van der Waals surface area contributed by atoms with Crippen molar-refractivity contribution < 1.29 is 9.30 Å². The molecule has 42 heavy (non-hydrogen) atoms. The van der Waals surface area contributed by atoms with Crippen LogP contribution in [0.4, 0.5) is 28.8 Å². The summed E-state index contributed by atoms with van der Waals surface area (Å²) in [5.41, 5.74) is 7.11. The summed E-state index contributed by atoms with van der Waals surface area (Å²) in [4.78, 5) is 20.6. The zero-order chi connectivity index (χ0) is 29.4. The first-order chi connectivity index (χ1) is 20.2. The maximum Gasteiger partial charge on any atom is 0.229 e. The number of nitrogens with zero attached hydrogens (tertiary/aromatic N) is 7. The fourth-order valence-electron chi connectivity index (χ4n) is 5.25. The molecule has 2 N–H and O–H groups in total. The van der Waals surface area contributed by atoms with Gasteiger partial charge in [-0.15, -0.1) is 0 Å². The van der Waals surface area contributed by atoms with E-state index in [0.29, 0.717) is 51.5 Å². The third kappa shape index (κ3) is 5.74. The smallest absolute Gasteiger partial charge is 0.229 e. The minimum absolute atomic E-state index is 0.413. The lowest BCUT2D eigenvalue weighted by molar-refractivity contribution is 0.122. The summed E-state index contributed by atoms with van der Waals surface area (Å²) in [6.45, 7) is 8.49. The van der Waals surface area contributed by atoms with E-state index in [1.54, 1.807) is 36.6 Å². The first-order valence-corrected chi connectivity index (χ1v) is 16.9. The Morgan fingerprint density at radius 3 is 2.50 bits per heavy atom. The lowest BCUT2D eigenvalue weighted by Crippen LogP contribution is -2.37. The van der Waals surface area contributed by atoms with Gasteiger partial charge < -0.3 is 24.8 Å². The van der Waals surface area contributed by atoms with Crippen molar-refractivity contribution in [1.29, 1.82) is 0 Å². The Morgan fingerprint density at radius 2 is 1.76 bits per heavy atom. The number of hydrogen-bond donors (Lipinski definition) is 2. The number of benzene rings is 2. The van der Waals surface area contributed by atoms with Crippen LogP contribution in [0.2, 0.25) is 0 Å². The molecule has 0 amide bonds. The molecule has 0 spiro atoms. The molecule has 11 nitrogen and oxygen atoms in total. The minimum atomic E-state index is -2.74. The Morgan fingerprint density at radius 1 is 0.976 bits per heavy atom. The average Bonchev–Trinajstić information content (AvgIpc) is 3.40. The van der Waals surface area contributed by atoms with Gasteiger partial charge in [0.2, 0.25) is 5.95 Å². The maximum atomic E-state index is 13.4. The zero-order valence-corrected chi connectivity index (χ0v) is 26.3. The van der Waals surface area contributed by atoms with Crippen LogP contribution in [0.1, 0.15) is 5.56 Å². The number of halogens is 1. The van der Waals surface area contributed by atoms with Crippen LogP contribution in [0.15, 0.2) is 59.7 Å². The summed E-state index contributed by atoms with van der Waals surface area (Å²) < 4.78 is 21.5. The van der Waals surface area contributed by atoms with Gasteiger partial charge in [0.05, 0.1) is 51.8 Å². The van der Waals surface area contributed by atoms with Crippen molar-refractivity contribution in [3.63, 3.8) is 0 Å². The van der Waals surface area contributed by atoms with Crippen LogP contribution in [0, 0.1) is 6.92 Å². The summed E-state index contributed by atoms with van der Waals surface area (Å²) in [6.07, 6.45) is 8.79. The molecule has 1 saturated heterocycles. The van der Waals surface area contributed by atoms with E-state index >= 15 is 0 Å². The lowest BCUT2D eigenvalue weighted by atomic mass is 10.0. The van der Waals surface area contributed by atoms with E-state index in [4.69, 9.17) is 9.72 Å². The predicted octanol–water partition coefficient (Wildman–Crippen LogP) is 5.46. The van der Waals surface area contributed by atoms with Crippen molar-refractivity contribution in [1.82, 2.24) is 29.7 Å². The number of fused-ring (bicyclic) bond motifs is 1. The molecule has 5 aromatic rings. The van der Waals surface area contributed by atoms with E-state index in [0.717, 1.165) is 41.2 Å². The van der Waals surface area contributed by atoms with Crippen molar-refractivity contribution in [3.8, 4) is 11.1 Å². The van der Waals surface area contributed by atoms with Crippen LogP contribution in [0.5, 0.6) is 0 Å². The molecule has 0 bridgehead atoms. The third-order valence-electron chi connectivity index (χ3n) is 7.06. The summed E-state index contributed by atoms with van der Waals surface area (Å²) in [5, 5.41) is 11.8. The molecule has 1 aliphatic heterocycles. The van der Waals surface area contributed by atoms with E-state index in [9.17, 15) is 4.57 Å². The van der Waals surface area contributed by atoms with E-state index < -0.39 is 7.14 Å². The van der Waals surface area contributed by atoms with Crippen molar-refractivity contribution in [2.45, 2.75) is 6.92 Å². The number of ether oxygens (including phenoxy) is 1. The van der Waals surface area contributed by atoms with Crippen molar-refractivity contribution in [3.05, 3.63) is 65.3 Å². The van der Waals surface area contributed by atoms with E-state index in [2.05, 4.69) is 70.6 Å². The number of rotatable bonds is 7. The summed E-state index contributed by atoms with van der Waals surface area (Å²) >= 11 is 3.59. The van der Waals surface area contributed by atoms with Gasteiger partial charge >= 0.3 is 0 Å². The van der Waals surface area contributed by atoms with Gasteiger partial charge in [0.15, 0.2) is 0 Å². The van der Waals surface area contributed by atoms with Crippen LogP contribution in [-0.4, -0.2) is 69.3 Å². The van der Waals surface area contributed by atoms with Crippen molar-refractivity contribution >= 4 is 68.2 Å². The van der Waals surface area contributed by atoms with Gasteiger partial charge in [0.1, 0.15) is 18.5 Å². The second kappa shape index (κ2) is 11.4. The summed E-state index contributed by atoms with van der Waals surface area (Å²) in [5.74, 6) is 0.940. The quantitative estimate of drug-likeness (QED) is 0.220. The lowest BCUT2D eigenvalue weighted by Gasteiger charge is -2.32. The highest BCUT2D eigenvalue weighted by atomic mass is 79.9. The second-order valence-electron chi connectivity index (χ2n) is 10.6. The van der Waals surface area contributed by atoms with Crippen molar-refractivity contribution in [2.24, 2.45) is 7.05 Å². The van der Waals surface area contributed by atoms with Crippen LogP contribution in [0.25, 0.3) is 22.2 Å². The normalized spacial score (nSPS) is 13.9. The Kier molecular flexibility index (Phi) is 7.69. The number of aryl methyl sites for hydroxylation is 2.